The topological polar surface area (TPSA) is 73.8 Å². The molecule has 1 aromatic carbocycles. The zero-order chi connectivity index (χ0) is 19.2. The molecule has 1 aliphatic heterocycles. The van der Waals surface area contributed by atoms with E-state index in [0.29, 0.717) is 30.4 Å². The van der Waals surface area contributed by atoms with Crippen LogP contribution >= 0.6 is 0 Å². The minimum absolute atomic E-state index is 0.00359. The Kier molecular flexibility index (Phi) is 6.11. The lowest BCUT2D eigenvalue weighted by atomic mass is 10.1. The Morgan fingerprint density at radius 1 is 1.19 bits per heavy atom. The molecule has 1 amide bonds. The van der Waals surface area contributed by atoms with E-state index in [1.54, 1.807) is 18.3 Å². The molecule has 144 valence electrons. The molecular weight excluding hydrogens is 346 g/mol. The van der Waals surface area contributed by atoms with Crippen molar-refractivity contribution in [1.82, 2.24) is 14.9 Å². The number of ether oxygens (including phenoxy) is 3. The van der Waals surface area contributed by atoms with Crippen LogP contribution in [0.5, 0.6) is 17.5 Å². The van der Waals surface area contributed by atoms with Crippen molar-refractivity contribution in [3.8, 4) is 17.5 Å². The normalized spacial score (nSPS) is 16.9. The Balaban J connectivity index is 1.62. The highest BCUT2D eigenvalue weighted by molar-refractivity contribution is 5.94. The van der Waals surface area contributed by atoms with Gasteiger partial charge in [0.2, 0.25) is 11.8 Å². The number of nitrogens with zero attached hydrogens (tertiary/aromatic N) is 3. The Labute approximate surface area is 159 Å². The van der Waals surface area contributed by atoms with E-state index in [0.717, 1.165) is 18.6 Å². The third-order valence-corrected chi connectivity index (χ3v) is 4.23. The largest absolute Gasteiger partial charge is 0.491 e. The van der Waals surface area contributed by atoms with Gasteiger partial charge in [-0.25, -0.2) is 0 Å². The molecule has 1 atom stereocenters. The van der Waals surface area contributed by atoms with Gasteiger partial charge in [-0.2, -0.15) is 4.98 Å². The van der Waals surface area contributed by atoms with Gasteiger partial charge in [-0.05, 0) is 51.0 Å². The van der Waals surface area contributed by atoms with Crippen molar-refractivity contribution in [3.05, 3.63) is 42.2 Å². The second kappa shape index (κ2) is 8.70. The zero-order valence-electron chi connectivity index (χ0n) is 15.9. The summed E-state index contributed by atoms with van der Waals surface area (Å²) in [6.07, 6.45) is 4.80. The van der Waals surface area contributed by atoms with Gasteiger partial charge in [0, 0.05) is 12.1 Å². The number of methoxy groups -OCH3 is 1. The fourth-order valence-corrected chi connectivity index (χ4v) is 3.01. The van der Waals surface area contributed by atoms with Gasteiger partial charge in [0.15, 0.2) is 0 Å². The molecule has 3 rings (SSSR count). The van der Waals surface area contributed by atoms with Crippen LogP contribution in [0.15, 0.2) is 36.7 Å². The molecular formula is C20H25N3O4. The number of benzene rings is 1. The van der Waals surface area contributed by atoms with Gasteiger partial charge in [0.1, 0.15) is 11.9 Å². The van der Waals surface area contributed by atoms with E-state index >= 15 is 0 Å². The van der Waals surface area contributed by atoms with Crippen LogP contribution < -0.4 is 14.2 Å². The summed E-state index contributed by atoms with van der Waals surface area (Å²) in [6, 6.07) is 7.27. The fourth-order valence-electron chi connectivity index (χ4n) is 3.01. The summed E-state index contributed by atoms with van der Waals surface area (Å²) in [5.74, 6) is 1.57. The van der Waals surface area contributed by atoms with E-state index < -0.39 is 0 Å². The zero-order valence-corrected chi connectivity index (χ0v) is 15.9. The molecule has 0 bridgehead atoms. The lowest BCUT2D eigenvalue weighted by Gasteiger charge is -2.32. The summed E-state index contributed by atoms with van der Waals surface area (Å²) in [4.78, 5) is 22.9. The van der Waals surface area contributed by atoms with Gasteiger partial charge in [0.25, 0.3) is 5.91 Å². The van der Waals surface area contributed by atoms with E-state index in [1.165, 1.54) is 13.3 Å². The number of carbonyl (C=O) groups is 1. The predicted molar refractivity (Wildman–Crippen MR) is 100 cm³/mol. The highest BCUT2D eigenvalue weighted by Crippen LogP contribution is 2.21. The summed E-state index contributed by atoms with van der Waals surface area (Å²) < 4.78 is 16.6. The number of rotatable bonds is 6. The lowest BCUT2D eigenvalue weighted by Crippen LogP contribution is -2.44. The fraction of sp³-hybridized carbons (Fsp3) is 0.450. The first kappa shape index (κ1) is 18.9. The van der Waals surface area contributed by atoms with Gasteiger partial charge in [-0.15, -0.1) is 0 Å². The summed E-state index contributed by atoms with van der Waals surface area (Å²) in [6.45, 7) is 5.17. The van der Waals surface area contributed by atoms with E-state index in [2.05, 4.69) is 9.97 Å². The van der Waals surface area contributed by atoms with Crippen LogP contribution in [0.1, 0.15) is 37.0 Å². The van der Waals surface area contributed by atoms with Crippen molar-refractivity contribution in [3.63, 3.8) is 0 Å². The van der Waals surface area contributed by atoms with Crippen LogP contribution in [-0.2, 0) is 0 Å². The number of aromatic nitrogens is 2. The maximum atomic E-state index is 12.8. The monoisotopic (exact) mass is 371 g/mol. The second-order valence-electron chi connectivity index (χ2n) is 6.72. The maximum absolute atomic E-state index is 12.8. The van der Waals surface area contributed by atoms with Crippen LogP contribution in [0, 0.1) is 0 Å². The molecule has 2 heterocycles. The smallest absolute Gasteiger partial charge is 0.253 e. The summed E-state index contributed by atoms with van der Waals surface area (Å²) in [5.41, 5.74) is 0.646. The van der Waals surface area contributed by atoms with E-state index in [4.69, 9.17) is 14.2 Å². The maximum Gasteiger partial charge on any atom is 0.253 e. The van der Waals surface area contributed by atoms with Crippen LogP contribution in [-0.4, -0.2) is 53.2 Å². The van der Waals surface area contributed by atoms with Crippen molar-refractivity contribution in [1.29, 1.82) is 0 Å². The molecule has 1 saturated heterocycles. The second-order valence-corrected chi connectivity index (χ2v) is 6.72. The predicted octanol–water partition coefficient (Wildman–Crippen LogP) is 2.96. The minimum atomic E-state index is -0.118. The van der Waals surface area contributed by atoms with E-state index in [-0.39, 0.29) is 18.1 Å². The number of hydrogen-bond acceptors (Lipinski definition) is 6. The molecule has 27 heavy (non-hydrogen) atoms. The molecule has 0 aliphatic carbocycles. The first-order valence-electron chi connectivity index (χ1n) is 9.14. The van der Waals surface area contributed by atoms with E-state index in [1.807, 2.05) is 30.9 Å². The van der Waals surface area contributed by atoms with Crippen LogP contribution in [0.4, 0.5) is 0 Å². The van der Waals surface area contributed by atoms with Crippen LogP contribution in [0.3, 0.4) is 0 Å². The Morgan fingerprint density at radius 2 is 1.93 bits per heavy atom. The van der Waals surface area contributed by atoms with Crippen molar-refractivity contribution < 1.29 is 19.0 Å². The quantitative estimate of drug-likeness (QED) is 0.777. The molecule has 1 aliphatic rings. The first-order chi connectivity index (χ1) is 13.0. The van der Waals surface area contributed by atoms with E-state index in [9.17, 15) is 4.79 Å². The highest BCUT2D eigenvalue weighted by Gasteiger charge is 2.26. The average molecular weight is 371 g/mol. The molecule has 0 saturated carbocycles. The molecule has 7 heteroatoms. The van der Waals surface area contributed by atoms with Crippen molar-refractivity contribution in [2.75, 3.05) is 20.2 Å². The van der Waals surface area contributed by atoms with Gasteiger partial charge >= 0.3 is 0 Å². The Morgan fingerprint density at radius 3 is 2.63 bits per heavy atom. The van der Waals surface area contributed by atoms with Gasteiger partial charge in [0.05, 0.1) is 32.2 Å². The lowest BCUT2D eigenvalue weighted by molar-refractivity contribution is 0.0525. The van der Waals surface area contributed by atoms with Gasteiger partial charge in [-0.1, -0.05) is 0 Å². The minimum Gasteiger partial charge on any atom is -0.491 e. The highest BCUT2D eigenvalue weighted by atomic mass is 16.5. The first-order valence-corrected chi connectivity index (χ1v) is 9.14. The molecule has 0 radical (unpaired) electrons. The summed E-state index contributed by atoms with van der Waals surface area (Å²) >= 11 is 0. The standard InChI is InChI=1S/C20H25N3O4/c1-14(2)26-16-8-6-15(7-9-16)20(24)23-10-4-5-17(13-23)27-19-12-21-11-18(22-19)25-3/h6-9,11-12,14,17H,4-5,10,13H2,1-3H3. The van der Waals surface area contributed by atoms with Crippen molar-refractivity contribution in [2.45, 2.75) is 38.9 Å². The third kappa shape index (κ3) is 5.09. The van der Waals surface area contributed by atoms with Crippen LogP contribution in [0.25, 0.3) is 0 Å². The summed E-state index contributed by atoms with van der Waals surface area (Å²) in [5, 5.41) is 0. The molecule has 2 aromatic rings. The number of likely N-dealkylation sites (tertiary alicyclic amines) is 1. The summed E-state index contributed by atoms with van der Waals surface area (Å²) in [7, 11) is 1.53. The molecule has 0 N–H and O–H groups in total. The molecule has 1 unspecified atom stereocenters. The number of amides is 1. The number of hydrogen-bond donors (Lipinski definition) is 0. The van der Waals surface area contributed by atoms with Crippen molar-refractivity contribution >= 4 is 5.91 Å². The molecule has 7 nitrogen and oxygen atoms in total. The number of carbonyl (C=O) groups excluding carboxylic acids is 1. The number of piperidine rings is 1. The molecule has 0 spiro atoms. The Hall–Kier alpha value is -2.83. The Bertz CT molecular complexity index is 764. The molecule has 1 aromatic heterocycles. The third-order valence-electron chi connectivity index (χ3n) is 4.23. The van der Waals surface area contributed by atoms with Crippen molar-refractivity contribution in [2.24, 2.45) is 0 Å². The van der Waals surface area contributed by atoms with Gasteiger partial charge in [-0.3, -0.25) is 9.78 Å². The molecule has 1 fully saturated rings. The van der Waals surface area contributed by atoms with Gasteiger partial charge < -0.3 is 19.1 Å². The average Bonchev–Trinajstić information content (AvgIpc) is 2.68. The SMILES string of the molecule is COc1cncc(OC2CCCN(C(=O)c3ccc(OC(C)C)cc3)C2)n1. The van der Waals surface area contributed by atoms with Crippen LogP contribution in [0.2, 0.25) is 0 Å².